The molecule has 10 nitrogen and oxygen atoms in total. The number of ketones is 2. The van der Waals surface area contributed by atoms with E-state index in [0.717, 1.165) is 11.3 Å². The van der Waals surface area contributed by atoms with Gasteiger partial charge in [0.25, 0.3) is 5.91 Å². The van der Waals surface area contributed by atoms with Crippen LogP contribution in [0.4, 0.5) is 5.69 Å². The number of Topliss-reactive ketones (excluding diaryl/α,β-unsaturated/α-hetero) is 2. The third-order valence-electron chi connectivity index (χ3n) is 7.35. The number of allylic oxidation sites excluding steroid dienone is 2. The maximum absolute atomic E-state index is 13.8. The Morgan fingerprint density at radius 2 is 1.88 bits per heavy atom. The molecule has 2 unspecified atom stereocenters. The van der Waals surface area contributed by atoms with Crippen molar-refractivity contribution in [2.24, 2.45) is 23.5 Å². The van der Waals surface area contributed by atoms with E-state index in [9.17, 15) is 24.6 Å². The number of hydrogen-bond acceptors (Lipinski definition) is 9. The molecule has 0 saturated heterocycles. The summed E-state index contributed by atoms with van der Waals surface area (Å²) in [6.07, 6.45) is 2.07. The van der Waals surface area contributed by atoms with E-state index in [4.69, 9.17) is 10.2 Å². The molecule has 3 aliphatic rings. The predicted molar refractivity (Wildman–Crippen MR) is 122 cm³/mol. The number of aliphatic hydroxyl groups excluding tert-OH is 2. The molecular formula is C24H26N4O6. The number of hydrogen-bond donors (Lipinski definition) is 3. The van der Waals surface area contributed by atoms with Crippen molar-refractivity contribution in [2.45, 2.75) is 18.9 Å². The van der Waals surface area contributed by atoms with Crippen molar-refractivity contribution in [1.82, 2.24) is 9.88 Å². The Labute approximate surface area is 195 Å². The van der Waals surface area contributed by atoms with Gasteiger partial charge < -0.3 is 25.3 Å². The van der Waals surface area contributed by atoms with E-state index in [-0.39, 0.29) is 23.0 Å². The molecule has 1 amide bonds. The number of benzene rings is 1. The lowest BCUT2D eigenvalue weighted by molar-refractivity contribution is -0.127. The normalized spacial score (nSPS) is 26.6. The average molecular weight is 466 g/mol. The largest absolute Gasteiger partial charge is 0.511 e. The van der Waals surface area contributed by atoms with Gasteiger partial charge in [-0.2, -0.15) is 0 Å². The van der Waals surface area contributed by atoms with Gasteiger partial charge in [-0.05, 0) is 50.4 Å². The number of carbonyl (C=O) groups excluding carboxylic acids is 3. The molecule has 2 aromatic rings. The number of nitrogens with two attached hydrogens (primary N) is 1. The van der Waals surface area contributed by atoms with Gasteiger partial charge in [0.15, 0.2) is 23.5 Å². The third-order valence-corrected chi connectivity index (χ3v) is 7.35. The Balaban J connectivity index is 1.73. The van der Waals surface area contributed by atoms with Crippen LogP contribution in [-0.2, 0) is 16.0 Å². The van der Waals surface area contributed by atoms with Crippen LogP contribution < -0.4 is 10.6 Å². The van der Waals surface area contributed by atoms with Crippen molar-refractivity contribution in [3.05, 3.63) is 46.3 Å². The Morgan fingerprint density at radius 3 is 2.50 bits per heavy atom. The molecule has 0 spiro atoms. The van der Waals surface area contributed by atoms with E-state index >= 15 is 0 Å². The van der Waals surface area contributed by atoms with E-state index in [1.807, 2.05) is 25.1 Å². The third kappa shape index (κ3) is 2.84. The van der Waals surface area contributed by atoms with E-state index in [2.05, 4.69) is 4.98 Å². The molecule has 0 saturated carbocycles. The van der Waals surface area contributed by atoms with Crippen molar-refractivity contribution in [2.75, 3.05) is 33.1 Å². The molecular weight excluding hydrogens is 440 g/mol. The van der Waals surface area contributed by atoms with Gasteiger partial charge in [-0.15, -0.1) is 0 Å². The first-order chi connectivity index (χ1) is 16.0. The second-order valence-corrected chi connectivity index (χ2v) is 9.65. The Kier molecular flexibility index (Phi) is 4.84. The lowest BCUT2D eigenvalue weighted by Crippen LogP contribution is -2.53. The summed E-state index contributed by atoms with van der Waals surface area (Å²) in [5.74, 6) is -5.05. The van der Waals surface area contributed by atoms with Crippen LogP contribution in [0, 0.1) is 17.8 Å². The van der Waals surface area contributed by atoms with Crippen LogP contribution >= 0.6 is 0 Å². The molecule has 0 bridgehead atoms. The summed E-state index contributed by atoms with van der Waals surface area (Å²) in [7, 11) is 7.19. The summed E-state index contributed by atoms with van der Waals surface area (Å²) in [5, 5.41) is 22.2. The fourth-order valence-corrected chi connectivity index (χ4v) is 6.04. The van der Waals surface area contributed by atoms with Gasteiger partial charge in [0, 0.05) is 25.4 Å². The minimum absolute atomic E-state index is 0.151. The van der Waals surface area contributed by atoms with Crippen molar-refractivity contribution < 1.29 is 29.0 Å². The van der Waals surface area contributed by atoms with Gasteiger partial charge in [-0.1, -0.05) is 0 Å². The van der Waals surface area contributed by atoms with Gasteiger partial charge in [-0.3, -0.25) is 19.3 Å². The molecule has 4 N–H and O–H groups in total. The Bertz CT molecular complexity index is 1330. The van der Waals surface area contributed by atoms with Crippen LogP contribution in [0.5, 0.6) is 0 Å². The van der Waals surface area contributed by atoms with Crippen LogP contribution in [0.2, 0.25) is 0 Å². The van der Waals surface area contributed by atoms with E-state index in [0.29, 0.717) is 29.5 Å². The van der Waals surface area contributed by atoms with Crippen LogP contribution in [-0.4, -0.2) is 71.8 Å². The zero-order valence-electron chi connectivity index (χ0n) is 19.3. The molecule has 1 heterocycles. The average Bonchev–Trinajstić information content (AvgIpc) is 3.20. The van der Waals surface area contributed by atoms with E-state index < -0.39 is 40.9 Å². The highest BCUT2D eigenvalue weighted by Gasteiger charge is 2.54. The van der Waals surface area contributed by atoms with Crippen molar-refractivity contribution in [3.8, 4) is 0 Å². The standard InChI is InChI=1S/C24H26N4O6/c1-27(2)13-7-12-23(34-8-26-12)16-10(13)5-9-6-11-15(19(29)14(9)20(16)30)21(31)17(24(25)33)22(32)18(11)28(3)4/h7-9,11,15,18,29,32H,5-6H2,1-4H3,(H2,25,33)/t9-,11+,15?,18?/m0/s1. The Hall–Kier alpha value is -3.66. The molecule has 10 heteroatoms. The lowest BCUT2D eigenvalue weighted by atomic mass is 9.61. The molecule has 1 aromatic carbocycles. The SMILES string of the molecule is CN(C)c1cc2ncoc2c2c1C[C@H]1C[C@@H]3C(C(=O)C(C(N)=O)=C(O)C3N(C)C)C(O)=C1C2=O. The highest BCUT2D eigenvalue weighted by atomic mass is 16.3. The number of fused-ring (bicyclic) bond motifs is 5. The lowest BCUT2D eigenvalue weighted by Gasteiger charge is -2.46. The van der Waals surface area contributed by atoms with Gasteiger partial charge in [0.05, 0.1) is 17.5 Å². The highest BCUT2D eigenvalue weighted by Crippen LogP contribution is 2.51. The number of nitrogens with zero attached hydrogens (tertiary/aromatic N) is 3. The topological polar surface area (TPSA) is 150 Å². The first-order valence-electron chi connectivity index (χ1n) is 11.0. The fourth-order valence-electron chi connectivity index (χ4n) is 6.04. The van der Waals surface area contributed by atoms with Crippen molar-refractivity contribution in [1.29, 1.82) is 0 Å². The summed E-state index contributed by atoms with van der Waals surface area (Å²) in [6, 6.07) is 1.15. The van der Waals surface area contributed by atoms with Crippen LogP contribution in [0.25, 0.3) is 11.1 Å². The summed E-state index contributed by atoms with van der Waals surface area (Å²) in [5.41, 5.74) is 7.84. The molecule has 3 aliphatic carbocycles. The summed E-state index contributed by atoms with van der Waals surface area (Å²) >= 11 is 0. The predicted octanol–water partition coefficient (Wildman–Crippen LogP) is 1.51. The maximum atomic E-state index is 13.8. The zero-order valence-corrected chi connectivity index (χ0v) is 19.3. The van der Waals surface area contributed by atoms with Crippen LogP contribution in [0.3, 0.4) is 0 Å². The van der Waals surface area contributed by atoms with Gasteiger partial charge in [-0.25, -0.2) is 4.98 Å². The molecule has 0 radical (unpaired) electrons. The molecule has 0 fully saturated rings. The molecule has 178 valence electrons. The maximum Gasteiger partial charge on any atom is 0.255 e. The fraction of sp³-hybridized carbons (Fsp3) is 0.417. The molecule has 5 rings (SSSR count). The summed E-state index contributed by atoms with van der Waals surface area (Å²) in [6.45, 7) is 0. The molecule has 34 heavy (non-hydrogen) atoms. The highest BCUT2D eigenvalue weighted by molar-refractivity contribution is 6.23. The minimum atomic E-state index is -1.15. The quantitative estimate of drug-likeness (QED) is 0.572. The van der Waals surface area contributed by atoms with Crippen LogP contribution in [0.15, 0.2) is 39.5 Å². The van der Waals surface area contributed by atoms with Gasteiger partial charge in [0.2, 0.25) is 0 Å². The number of amides is 1. The summed E-state index contributed by atoms with van der Waals surface area (Å²) < 4.78 is 5.55. The first kappa shape index (κ1) is 22.1. The van der Waals surface area contributed by atoms with E-state index in [1.165, 1.54) is 6.39 Å². The van der Waals surface area contributed by atoms with Crippen LogP contribution in [0.1, 0.15) is 22.3 Å². The molecule has 0 aliphatic heterocycles. The van der Waals surface area contributed by atoms with Gasteiger partial charge >= 0.3 is 0 Å². The number of rotatable bonds is 3. The Morgan fingerprint density at radius 1 is 1.18 bits per heavy atom. The minimum Gasteiger partial charge on any atom is -0.511 e. The smallest absolute Gasteiger partial charge is 0.255 e. The monoisotopic (exact) mass is 466 g/mol. The van der Waals surface area contributed by atoms with Gasteiger partial charge in [0.1, 0.15) is 22.6 Å². The molecule has 4 atom stereocenters. The number of aliphatic hydroxyl groups is 2. The van der Waals surface area contributed by atoms with Crippen molar-refractivity contribution >= 4 is 34.3 Å². The number of likely N-dealkylation sites (N-methyl/N-ethyl adjacent to an activating group) is 1. The number of anilines is 1. The van der Waals surface area contributed by atoms with Crippen molar-refractivity contribution in [3.63, 3.8) is 0 Å². The second kappa shape index (κ2) is 7.42. The summed E-state index contributed by atoms with van der Waals surface area (Å²) in [4.78, 5) is 46.9. The second-order valence-electron chi connectivity index (χ2n) is 9.65. The van der Waals surface area contributed by atoms with E-state index in [1.54, 1.807) is 19.0 Å². The zero-order chi connectivity index (χ0) is 24.6. The number of primary amides is 1. The number of carbonyl (C=O) groups is 3. The number of oxazole rings is 1. The first-order valence-corrected chi connectivity index (χ1v) is 11.0. The molecule has 1 aromatic heterocycles. The number of aromatic nitrogens is 1.